The van der Waals surface area contributed by atoms with Gasteiger partial charge in [0.1, 0.15) is 12.0 Å². The SMILES string of the molecule is CC(=O)N1CCC(Cc2cc(C(=O)NC[C@@H](O)CN3CCc4ccccc4C3)ncn2)CC1. The van der Waals surface area contributed by atoms with Crippen molar-refractivity contribution >= 4 is 11.8 Å². The van der Waals surface area contributed by atoms with Crippen molar-refractivity contribution in [2.75, 3.05) is 32.7 Å². The van der Waals surface area contributed by atoms with Crippen molar-refractivity contribution in [2.45, 2.75) is 45.3 Å². The van der Waals surface area contributed by atoms with E-state index in [-0.39, 0.29) is 18.4 Å². The van der Waals surface area contributed by atoms with Crippen LogP contribution >= 0.6 is 0 Å². The number of β-amino-alcohol motifs (C(OH)–C–C–N with tert-alkyl or cyclic N) is 1. The first-order valence-corrected chi connectivity index (χ1v) is 11.8. The molecule has 8 nitrogen and oxygen atoms in total. The van der Waals surface area contributed by atoms with Crippen LogP contribution < -0.4 is 5.32 Å². The largest absolute Gasteiger partial charge is 0.390 e. The molecule has 2 N–H and O–H groups in total. The van der Waals surface area contributed by atoms with Crippen LogP contribution in [0, 0.1) is 5.92 Å². The number of nitrogens with one attached hydrogen (secondary N) is 1. The number of aliphatic hydroxyl groups excluding tert-OH is 1. The third-order valence-electron chi connectivity index (χ3n) is 6.69. The van der Waals surface area contributed by atoms with Gasteiger partial charge in [-0.3, -0.25) is 14.5 Å². The van der Waals surface area contributed by atoms with E-state index in [2.05, 4.69) is 38.4 Å². The molecule has 0 aliphatic carbocycles. The highest BCUT2D eigenvalue weighted by Crippen LogP contribution is 2.21. The summed E-state index contributed by atoms with van der Waals surface area (Å²) in [6, 6.07) is 10.1. The predicted octanol–water partition coefficient (Wildman–Crippen LogP) is 1.43. The Balaban J connectivity index is 1.23. The number of carbonyl (C=O) groups excluding carboxylic acids is 2. The molecule has 0 radical (unpaired) electrons. The molecule has 0 spiro atoms. The maximum atomic E-state index is 12.6. The molecule has 0 bridgehead atoms. The molecule has 2 aliphatic rings. The summed E-state index contributed by atoms with van der Waals surface area (Å²) in [7, 11) is 0. The molecule has 33 heavy (non-hydrogen) atoms. The zero-order valence-corrected chi connectivity index (χ0v) is 19.2. The number of piperidine rings is 1. The van der Waals surface area contributed by atoms with E-state index < -0.39 is 6.10 Å². The standard InChI is InChI=1S/C25H33N5O3/c1-18(31)30-10-6-19(7-11-30)12-22-13-24(28-17-27-22)25(33)26-14-23(32)16-29-9-8-20-4-2-3-5-21(20)15-29/h2-5,13,17,19,23,32H,6-12,14-16H2,1H3,(H,26,33)/t23-/m1/s1. The number of benzene rings is 1. The highest BCUT2D eigenvalue weighted by atomic mass is 16.3. The Morgan fingerprint density at radius 3 is 2.67 bits per heavy atom. The van der Waals surface area contributed by atoms with Gasteiger partial charge in [0, 0.05) is 51.9 Å². The first kappa shape index (κ1) is 23.3. The number of rotatable bonds is 7. The summed E-state index contributed by atoms with van der Waals surface area (Å²) < 4.78 is 0. The van der Waals surface area contributed by atoms with E-state index in [4.69, 9.17) is 0 Å². The monoisotopic (exact) mass is 451 g/mol. The van der Waals surface area contributed by atoms with Gasteiger partial charge < -0.3 is 15.3 Å². The van der Waals surface area contributed by atoms with Crippen molar-refractivity contribution in [2.24, 2.45) is 5.92 Å². The summed E-state index contributed by atoms with van der Waals surface area (Å²) in [5, 5.41) is 13.3. The second-order valence-corrected chi connectivity index (χ2v) is 9.17. The number of hydrogen-bond acceptors (Lipinski definition) is 6. The van der Waals surface area contributed by atoms with Gasteiger partial charge in [0.15, 0.2) is 0 Å². The van der Waals surface area contributed by atoms with Gasteiger partial charge in [-0.15, -0.1) is 0 Å². The first-order chi connectivity index (χ1) is 16.0. The highest BCUT2D eigenvalue weighted by Gasteiger charge is 2.22. The fraction of sp³-hybridized carbons (Fsp3) is 0.520. The van der Waals surface area contributed by atoms with Crippen molar-refractivity contribution in [3.63, 3.8) is 0 Å². The summed E-state index contributed by atoms with van der Waals surface area (Å²) in [6.07, 6.45) is 4.42. The van der Waals surface area contributed by atoms with Crippen LogP contribution in [0.3, 0.4) is 0 Å². The fourth-order valence-electron chi connectivity index (χ4n) is 4.75. The van der Waals surface area contributed by atoms with Crippen LogP contribution in [0.5, 0.6) is 0 Å². The number of amides is 2. The van der Waals surface area contributed by atoms with E-state index in [1.54, 1.807) is 13.0 Å². The van der Waals surface area contributed by atoms with Crippen LogP contribution in [0.1, 0.15) is 47.1 Å². The van der Waals surface area contributed by atoms with Crippen LogP contribution in [0.2, 0.25) is 0 Å². The minimum absolute atomic E-state index is 0.127. The number of nitrogens with zero attached hydrogens (tertiary/aromatic N) is 4. The lowest BCUT2D eigenvalue weighted by atomic mass is 9.92. The summed E-state index contributed by atoms with van der Waals surface area (Å²) in [5.74, 6) is 0.276. The minimum atomic E-state index is -0.646. The molecule has 8 heteroatoms. The molecule has 176 valence electrons. The van der Waals surface area contributed by atoms with Gasteiger partial charge in [-0.2, -0.15) is 0 Å². The Bertz CT molecular complexity index is 974. The maximum absolute atomic E-state index is 12.6. The molecule has 1 aromatic heterocycles. The fourth-order valence-corrected chi connectivity index (χ4v) is 4.75. The van der Waals surface area contributed by atoms with Gasteiger partial charge in [0.2, 0.25) is 5.91 Å². The maximum Gasteiger partial charge on any atom is 0.270 e. The van der Waals surface area contributed by atoms with Crippen LogP contribution in [-0.4, -0.2) is 75.5 Å². The Hall–Kier alpha value is -2.84. The molecule has 0 unspecified atom stereocenters. The molecule has 1 fully saturated rings. The van der Waals surface area contributed by atoms with Crippen LogP contribution in [-0.2, 0) is 24.2 Å². The third kappa shape index (κ3) is 6.36. The molecule has 1 atom stereocenters. The molecular weight excluding hydrogens is 418 g/mol. The first-order valence-electron chi connectivity index (χ1n) is 11.8. The smallest absolute Gasteiger partial charge is 0.270 e. The van der Waals surface area contributed by atoms with Gasteiger partial charge in [-0.25, -0.2) is 9.97 Å². The van der Waals surface area contributed by atoms with E-state index in [1.807, 2.05) is 11.0 Å². The summed E-state index contributed by atoms with van der Waals surface area (Å²) >= 11 is 0. The number of aromatic nitrogens is 2. The summed E-state index contributed by atoms with van der Waals surface area (Å²) in [5.41, 5.74) is 3.84. The number of likely N-dealkylation sites (tertiary alicyclic amines) is 1. The number of hydrogen-bond donors (Lipinski definition) is 2. The van der Waals surface area contributed by atoms with E-state index in [1.165, 1.54) is 17.5 Å². The lowest BCUT2D eigenvalue weighted by molar-refractivity contribution is -0.130. The highest BCUT2D eigenvalue weighted by molar-refractivity contribution is 5.92. The summed E-state index contributed by atoms with van der Waals surface area (Å²) in [4.78, 5) is 36.6. The van der Waals surface area contributed by atoms with Crippen molar-refractivity contribution in [3.8, 4) is 0 Å². The van der Waals surface area contributed by atoms with Gasteiger partial charge >= 0.3 is 0 Å². The number of fused-ring (bicyclic) bond motifs is 1. The quantitative estimate of drug-likeness (QED) is 0.661. The molecule has 1 saturated heterocycles. The number of aliphatic hydroxyl groups is 1. The van der Waals surface area contributed by atoms with Crippen molar-refractivity contribution in [3.05, 3.63) is 59.2 Å². The van der Waals surface area contributed by atoms with Gasteiger partial charge in [-0.05, 0) is 48.8 Å². The van der Waals surface area contributed by atoms with E-state index in [9.17, 15) is 14.7 Å². The normalized spacial score (nSPS) is 17.9. The average Bonchev–Trinajstić information content (AvgIpc) is 2.83. The molecule has 0 saturated carbocycles. The van der Waals surface area contributed by atoms with Crippen LogP contribution in [0.25, 0.3) is 0 Å². The Morgan fingerprint density at radius 2 is 1.91 bits per heavy atom. The zero-order chi connectivity index (χ0) is 23.2. The van der Waals surface area contributed by atoms with Crippen LogP contribution in [0.15, 0.2) is 36.7 Å². The van der Waals surface area contributed by atoms with E-state index >= 15 is 0 Å². The lowest BCUT2D eigenvalue weighted by Crippen LogP contribution is -2.42. The summed E-state index contributed by atoms with van der Waals surface area (Å²) in [6.45, 7) is 5.59. The molecule has 3 heterocycles. The zero-order valence-electron chi connectivity index (χ0n) is 19.2. The molecule has 1 aromatic carbocycles. The van der Waals surface area contributed by atoms with Gasteiger partial charge in [0.05, 0.1) is 6.10 Å². The Kier molecular flexibility index (Phi) is 7.67. The molecular formula is C25H33N5O3. The van der Waals surface area contributed by atoms with Crippen LogP contribution in [0.4, 0.5) is 0 Å². The molecule has 2 amide bonds. The third-order valence-corrected chi connectivity index (χ3v) is 6.69. The molecule has 2 aromatic rings. The van der Waals surface area contributed by atoms with Crippen molar-refractivity contribution in [1.29, 1.82) is 0 Å². The van der Waals surface area contributed by atoms with E-state index in [0.717, 1.165) is 57.6 Å². The lowest BCUT2D eigenvalue weighted by Gasteiger charge is -2.31. The average molecular weight is 452 g/mol. The minimum Gasteiger partial charge on any atom is -0.390 e. The van der Waals surface area contributed by atoms with E-state index in [0.29, 0.717) is 18.2 Å². The molecule has 2 aliphatic heterocycles. The second kappa shape index (κ2) is 10.9. The van der Waals surface area contributed by atoms with Gasteiger partial charge in [-0.1, -0.05) is 24.3 Å². The Morgan fingerprint density at radius 1 is 1.15 bits per heavy atom. The topological polar surface area (TPSA) is 98.7 Å². The van der Waals surface area contributed by atoms with Gasteiger partial charge in [0.25, 0.3) is 5.91 Å². The number of carbonyl (C=O) groups is 2. The molecule has 4 rings (SSSR count). The predicted molar refractivity (Wildman–Crippen MR) is 124 cm³/mol. The second-order valence-electron chi connectivity index (χ2n) is 9.17. The Labute approximate surface area is 195 Å². The van der Waals surface area contributed by atoms with Crippen molar-refractivity contribution in [1.82, 2.24) is 25.1 Å². The van der Waals surface area contributed by atoms with Crippen molar-refractivity contribution < 1.29 is 14.7 Å².